The van der Waals surface area contributed by atoms with Crippen LogP contribution in [0, 0.1) is 11.6 Å². The Kier molecular flexibility index (Phi) is 8.70. The SMILES string of the molecule is CCCNC(=O)[C@@H](Cc1ccccc1)N(Cc1ccccc1F)C(=O)Cc1ccccc1F. The number of carbonyl (C=O) groups is 2. The Balaban J connectivity index is 1.97. The zero-order chi connectivity index (χ0) is 23.6. The fraction of sp³-hybridized carbons (Fsp3) is 0.259. The predicted octanol–water partition coefficient (Wildman–Crippen LogP) is 4.67. The maximum atomic E-state index is 14.5. The van der Waals surface area contributed by atoms with Crippen molar-refractivity contribution in [3.8, 4) is 0 Å². The van der Waals surface area contributed by atoms with Crippen LogP contribution in [0.3, 0.4) is 0 Å². The molecule has 0 bridgehead atoms. The molecule has 3 rings (SSSR count). The minimum absolute atomic E-state index is 0.100. The molecule has 0 aliphatic rings. The number of carbonyl (C=O) groups excluding carboxylic acids is 2. The third-order valence-electron chi connectivity index (χ3n) is 5.42. The van der Waals surface area contributed by atoms with Gasteiger partial charge in [0.05, 0.1) is 6.42 Å². The minimum Gasteiger partial charge on any atom is -0.354 e. The molecular weight excluding hydrogens is 422 g/mol. The standard InChI is InChI=1S/C27H28F2N2O2/c1-2-16-30-27(33)25(17-20-10-4-3-5-11-20)31(19-22-13-7-9-15-24(22)29)26(32)18-21-12-6-8-14-23(21)28/h3-15,25H,2,16-19H2,1H3,(H,30,33)/t25-/m1/s1. The fourth-order valence-corrected chi connectivity index (χ4v) is 3.64. The van der Waals surface area contributed by atoms with Gasteiger partial charge in [-0.15, -0.1) is 0 Å². The molecule has 1 atom stereocenters. The Bertz CT molecular complexity index is 1070. The Morgan fingerprint density at radius 2 is 1.42 bits per heavy atom. The van der Waals surface area contributed by atoms with E-state index < -0.39 is 23.6 Å². The molecule has 2 amide bonds. The molecular formula is C27H28F2N2O2. The Labute approximate surface area is 193 Å². The molecule has 0 radical (unpaired) electrons. The number of benzene rings is 3. The first-order valence-electron chi connectivity index (χ1n) is 11.1. The highest BCUT2D eigenvalue weighted by Crippen LogP contribution is 2.19. The van der Waals surface area contributed by atoms with E-state index in [0.717, 1.165) is 12.0 Å². The van der Waals surface area contributed by atoms with Gasteiger partial charge in [0.15, 0.2) is 0 Å². The zero-order valence-electron chi connectivity index (χ0n) is 18.6. The van der Waals surface area contributed by atoms with Crippen LogP contribution in [0.1, 0.15) is 30.0 Å². The molecule has 0 unspecified atom stereocenters. The molecule has 1 N–H and O–H groups in total. The lowest BCUT2D eigenvalue weighted by atomic mass is 10.0. The van der Waals surface area contributed by atoms with Gasteiger partial charge in [-0.05, 0) is 29.7 Å². The van der Waals surface area contributed by atoms with Gasteiger partial charge in [-0.25, -0.2) is 8.78 Å². The summed E-state index contributed by atoms with van der Waals surface area (Å²) in [5.74, 6) is -1.73. The summed E-state index contributed by atoms with van der Waals surface area (Å²) in [6.07, 6.45) is 0.765. The highest BCUT2D eigenvalue weighted by atomic mass is 19.1. The minimum atomic E-state index is -0.877. The van der Waals surface area contributed by atoms with Gasteiger partial charge in [-0.2, -0.15) is 0 Å². The molecule has 0 spiro atoms. The number of rotatable bonds is 10. The molecule has 0 saturated carbocycles. The summed E-state index contributed by atoms with van der Waals surface area (Å²) in [4.78, 5) is 28.0. The molecule has 0 heterocycles. The van der Waals surface area contributed by atoms with Gasteiger partial charge < -0.3 is 10.2 Å². The van der Waals surface area contributed by atoms with E-state index in [-0.39, 0.29) is 30.9 Å². The Morgan fingerprint density at radius 1 is 0.848 bits per heavy atom. The average molecular weight is 451 g/mol. The number of hydrogen-bond donors (Lipinski definition) is 1. The summed E-state index contributed by atoms with van der Waals surface area (Å²) in [7, 11) is 0. The van der Waals surface area contributed by atoms with E-state index in [1.807, 2.05) is 37.3 Å². The van der Waals surface area contributed by atoms with E-state index in [1.54, 1.807) is 30.3 Å². The molecule has 0 aliphatic heterocycles. The second-order valence-electron chi connectivity index (χ2n) is 7.88. The summed E-state index contributed by atoms with van der Waals surface area (Å²) >= 11 is 0. The van der Waals surface area contributed by atoms with E-state index in [0.29, 0.717) is 12.1 Å². The van der Waals surface area contributed by atoms with Crippen LogP contribution in [0.25, 0.3) is 0 Å². The highest BCUT2D eigenvalue weighted by molar-refractivity contribution is 5.88. The molecule has 6 heteroatoms. The van der Waals surface area contributed by atoms with Gasteiger partial charge in [-0.3, -0.25) is 9.59 Å². The zero-order valence-corrected chi connectivity index (χ0v) is 18.6. The lowest BCUT2D eigenvalue weighted by Crippen LogP contribution is -2.51. The molecule has 3 aromatic carbocycles. The number of nitrogens with zero attached hydrogens (tertiary/aromatic N) is 1. The van der Waals surface area contributed by atoms with Crippen molar-refractivity contribution < 1.29 is 18.4 Å². The highest BCUT2D eigenvalue weighted by Gasteiger charge is 2.31. The summed E-state index contributed by atoms with van der Waals surface area (Å²) in [5.41, 5.74) is 1.39. The number of hydrogen-bond acceptors (Lipinski definition) is 2. The lowest BCUT2D eigenvalue weighted by Gasteiger charge is -2.32. The van der Waals surface area contributed by atoms with E-state index in [1.165, 1.54) is 23.1 Å². The van der Waals surface area contributed by atoms with Crippen LogP contribution in [0.4, 0.5) is 8.78 Å². The van der Waals surface area contributed by atoms with E-state index in [4.69, 9.17) is 0 Å². The monoisotopic (exact) mass is 450 g/mol. The first-order chi connectivity index (χ1) is 16.0. The number of amides is 2. The first-order valence-corrected chi connectivity index (χ1v) is 11.1. The molecule has 0 aliphatic carbocycles. The van der Waals surface area contributed by atoms with Crippen LogP contribution in [0.15, 0.2) is 78.9 Å². The van der Waals surface area contributed by atoms with Crippen molar-refractivity contribution in [1.82, 2.24) is 10.2 Å². The van der Waals surface area contributed by atoms with Gasteiger partial charge >= 0.3 is 0 Å². The number of halogens is 2. The third kappa shape index (κ3) is 6.72. The maximum absolute atomic E-state index is 14.5. The summed E-state index contributed by atoms with van der Waals surface area (Å²) in [6, 6.07) is 20.7. The van der Waals surface area contributed by atoms with Crippen molar-refractivity contribution in [2.45, 2.75) is 38.8 Å². The van der Waals surface area contributed by atoms with Gasteiger partial charge in [0.25, 0.3) is 0 Å². The van der Waals surface area contributed by atoms with E-state index in [2.05, 4.69) is 5.32 Å². The smallest absolute Gasteiger partial charge is 0.243 e. The summed E-state index contributed by atoms with van der Waals surface area (Å²) in [6.45, 7) is 2.29. The fourth-order valence-electron chi connectivity index (χ4n) is 3.64. The molecule has 4 nitrogen and oxygen atoms in total. The molecule has 172 valence electrons. The van der Waals surface area contributed by atoms with Gasteiger partial charge in [-0.1, -0.05) is 73.7 Å². The van der Waals surface area contributed by atoms with Gasteiger partial charge in [0.1, 0.15) is 17.7 Å². The molecule has 33 heavy (non-hydrogen) atoms. The van der Waals surface area contributed by atoms with Crippen LogP contribution in [0.5, 0.6) is 0 Å². The average Bonchev–Trinajstić information content (AvgIpc) is 2.83. The third-order valence-corrected chi connectivity index (χ3v) is 5.42. The van der Waals surface area contributed by atoms with Crippen molar-refractivity contribution in [2.24, 2.45) is 0 Å². The van der Waals surface area contributed by atoms with Crippen LogP contribution in [0.2, 0.25) is 0 Å². The molecule has 0 aromatic heterocycles. The quantitative estimate of drug-likeness (QED) is 0.488. The van der Waals surface area contributed by atoms with Crippen LogP contribution in [-0.4, -0.2) is 29.3 Å². The second-order valence-corrected chi connectivity index (χ2v) is 7.88. The van der Waals surface area contributed by atoms with E-state index >= 15 is 0 Å². The Morgan fingerprint density at radius 3 is 2.03 bits per heavy atom. The first kappa shape index (κ1) is 24.1. The largest absolute Gasteiger partial charge is 0.354 e. The molecule has 0 fully saturated rings. The van der Waals surface area contributed by atoms with E-state index in [9.17, 15) is 18.4 Å². The molecule has 0 saturated heterocycles. The Hall–Kier alpha value is -3.54. The van der Waals surface area contributed by atoms with Gasteiger partial charge in [0, 0.05) is 25.1 Å². The van der Waals surface area contributed by atoms with Gasteiger partial charge in [0.2, 0.25) is 11.8 Å². The normalized spacial score (nSPS) is 11.6. The lowest BCUT2D eigenvalue weighted by molar-refractivity contribution is -0.140. The topological polar surface area (TPSA) is 49.4 Å². The van der Waals surface area contributed by atoms with Crippen LogP contribution >= 0.6 is 0 Å². The van der Waals surface area contributed by atoms with Crippen molar-refractivity contribution in [1.29, 1.82) is 0 Å². The molecule has 3 aromatic rings. The predicted molar refractivity (Wildman–Crippen MR) is 124 cm³/mol. The van der Waals surface area contributed by atoms with Crippen molar-refractivity contribution in [2.75, 3.05) is 6.54 Å². The number of nitrogens with one attached hydrogen (secondary N) is 1. The summed E-state index contributed by atoms with van der Waals surface area (Å²) in [5, 5.41) is 2.86. The van der Waals surface area contributed by atoms with Crippen molar-refractivity contribution in [3.63, 3.8) is 0 Å². The van der Waals surface area contributed by atoms with Crippen LogP contribution in [-0.2, 0) is 29.0 Å². The van der Waals surface area contributed by atoms with Crippen molar-refractivity contribution in [3.05, 3.63) is 107 Å². The second kappa shape index (κ2) is 11.9. The van der Waals surface area contributed by atoms with Crippen LogP contribution < -0.4 is 5.32 Å². The van der Waals surface area contributed by atoms with Crippen molar-refractivity contribution >= 4 is 11.8 Å². The maximum Gasteiger partial charge on any atom is 0.243 e. The summed E-state index contributed by atoms with van der Waals surface area (Å²) < 4.78 is 28.8.